The highest BCUT2D eigenvalue weighted by atomic mass is 16.7. The summed E-state index contributed by atoms with van der Waals surface area (Å²) in [6, 6.07) is 19.5. The third kappa shape index (κ3) is 3.23. The van der Waals surface area contributed by atoms with Gasteiger partial charge in [0, 0.05) is 25.5 Å². The smallest absolute Gasteiger partial charge is 0.162 e. The van der Waals surface area contributed by atoms with Gasteiger partial charge in [0.1, 0.15) is 0 Å². The number of methoxy groups -OCH3 is 1. The molecule has 2 aliphatic rings. The summed E-state index contributed by atoms with van der Waals surface area (Å²) in [5.74, 6) is 0.209. The first kappa shape index (κ1) is 16.7. The van der Waals surface area contributed by atoms with Crippen LogP contribution < -0.4 is 0 Å². The van der Waals surface area contributed by atoms with Gasteiger partial charge >= 0.3 is 0 Å². The second-order valence-electron chi connectivity index (χ2n) is 6.90. The molecule has 25 heavy (non-hydrogen) atoms. The van der Waals surface area contributed by atoms with E-state index in [-0.39, 0.29) is 24.4 Å². The standard InChI is InChI=1S/C21H25NO3/c1-22-14-24-13-18(20(22)15-8-4-3-5-9-15)21-17-11-7-6-10-16(17)12-19(23-2)25-21/h3-11,18-21H,12-14H2,1-2H3/t18-,19?,20+,21+/m1/s1. The van der Waals surface area contributed by atoms with Crippen LogP contribution in [0.1, 0.15) is 28.8 Å². The highest BCUT2D eigenvalue weighted by molar-refractivity contribution is 5.33. The number of nitrogens with zero attached hydrogens (tertiary/aromatic N) is 1. The lowest BCUT2D eigenvalue weighted by molar-refractivity contribution is -0.205. The molecule has 4 atom stereocenters. The third-order valence-electron chi connectivity index (χ3n) is 5.33. The van der Waals surface area contributed by atoms with E-state index in [1.165, 1.54) is 16.7 Å². The first-order valence-electron chi connectivity index (χ1n) is 8.87. The van der Waals surface area contributed by atoms with Gasteiger partial charge in [-0.15, -0.1) is 0 Å². The quantitative estimate of drug-likeness (QED) is 0.856. The number of ether oxygens (including phenoxy) is 3. The molecule has 2 aliphatic heterocycles. The fourth-order valence-corrected chi connectivity index (χ4v) is 4.17. The molecule has 0 aliphatic carbocycles. The molecule has 0 amide bonds. The van der Waals surface area contributed by atoms with Crippen molar-refractivity contribution in [2.24, 2.45) is 5.92 Å². The Hall–Kier alpha value is -1.72. The SMILES string of the molecule is COC1Cc2ccccc2[C@@H]([C@@H]2COCN(C)[C@H]2c2ccccc2)O1. The van der Waals surface area contributed by atoms with Gasteiger partial charge in [0.05, 0.1) is 19.4 Å². The number of benzene rings is 2. The van der Waals surface area contributed by atoms with E-state index in [9.17, 15) is 0 Å². The topological polar surface area (TPSA) is 30.9 Å². The van der Waals surface area contributed by atoms with Crippen LogP contribution in [0, 0.1) is 5.92 Å². The Labute approximate surface area is 149 Å². The summed E-state index contributed by atoms with van der Waals surface area (Å²) in [5, 5.41) is 0. The molecule has 0 saturated carbocycles. The Morgan fingerprint density at radius 3 is 2.60 bits per heavy atom. The molecule has 1 unspecified atom stereocenters. The second kappa shape index (κ2) is 7.26. The van der Waals surface area contributed by atoms with Crippen LogP contribution >= 0.6 is 0 Å². The predicted octanol–water partition coefficient (Wildman–Crippen LogP) is 3.55. The van der Waals surface area contributed by atoms with Gasteiger partial charge in [-0.05, 0) is 23.7 Å². The molecule has 0 bridgehead atoms. The summed E-state index contributed by atoms with van der Waals surface area (Å²) < 4.78 is 17.8. The minimum Gasteiger partial charge on any atom is -0.366 e. The zero-order valence-corrected chi connectivity index (χ0v) is 14.8. The van der Waals surface area contributed by atoms with E-state index in [0.29, 0.717) is 13.3 Å². The predicted molar refractivity (Wildman–Crippen MR) is 96.0 cm³/mol. The largest absolute Gasteiger partial charge is 0.366 e. The maximum absolute atomic E-state index is 6.37. The molecule has 4 rings (SSSR count). The van der Waals surface area contributed by atoms with Crippen molar-refractivity contribution < 1.29 is 14.2 Å². The van der Waals surface area contributed by atoms with Gasteiger partial charge in [0.2, 0.25) is 0 Å². The molecular formula is C21H25NO3. The van der Waals surface area contributed by atoms with Gasteiger partial charge in [-0.25, -0.2) is 0 Å². The van der Waals surface area contributed by atoms with E-state index in [1.54, 1.807) is 7.11 Å². The molecular weight excluding hydrogens is 314 g/mol. The van der Waals surface area contributed by atoms with Gasteiger partial charge in [-0.2, -0.15) is 0 Å². The second-order valence-corrected chi connectivity index (χ2v) is 6.90. The molecule has 132 valence electrons. The van der Waals surface area contributed by atoms with E-state index in [2.05, 4.69) is 66.5 Å². The lowest BCUT2D eigenvalue weighted by Gasteiger charge is -2.45. The van der Waals surface area contributed by atoms with Crippen molar-refractivity contribution in [1.29, 1.82) is 0 Å². The van der Waals surface area contributed by atoms with Crippen LogP contribution in [0.3, 0.4) is 0 Å². The van der Waals surface area contributed by atoms with Crippen molar-refractivity contribution in [3.05, 3.63) is 71.3 Å². The Kier molecular flexibility index (Phi) is 4.86. The monoisotopic (exact) mass is 339 g/mol. The van der Waals surface area contributed by atoms with Crippen LogP contribution in [-0.4, -0.2) is 38.7 Å². The molecule has 0 spiro atoms. The van der Waals surface area contributed by atoms with Crippen molar-refractivity contribution >= 4 is 0 Å². The van der Waals surface area contributed by atoms with Crippen molar-refractivity contribution in [2.45, 2.75) is 24.9 Å². The van der Waals surface area contributed by atoms with Crippen molar-refractivity contribution in [3.63, 3.8) is 0 Å². The average molecular weight is 339 g/mol. The van der Waals surface area contributed by atoms with Crippen LogP contribution in [-0.2, 0) is 20.6 Å². The van der Waals surface area contributed by atoms with E-state index < -0.39 is 0 Å². The fourth-order valence-electron chi connectivity index (χ4n) is 4.17. The van der Waals surface area contributed by atoms with E-state index in [4.69, 9.17) is 14.2 Å². The summed E-state index contributed by atoms with van der Waals surface area (Å²) in [7, 11) is 3.83. The Balaban J connectivity index is 1.73. The fraction of sp³-hybridized carbons (Fsp3) is 0.429. The molecule has 4 nitrogen and oxygen atoms in total. The number of hydrogen-bond donors (Lipinski definition) is 0. The molecule has 1 saturated heterocycles. The minimum atomic E-state index is -0.205. The summed E-state index contributed by atoms with van der Waals surface area (Å²) in [4.78, 5) is 2.27. The molecule has 0 aromatic heterocycles. The van der Waals surface area contributed by atoms with Crippen molar-refractivity contribution in [2.75, 3.05) is 27.5 Å². The molecule has 0 radical (unpaired) electrons. The third-order valence-corrected chi connectivity index (χ3v) is 5.33. The maximum atomic E-state index is 6.37. The van der Waals surface area contributed by atoms with Gasteiger partial charge in [-0.1, -0.05) is 54.6 Å². The van der Waals surface area contributed by atoms with Crippen LogP contribution in [0.15, 0.2) is 54.6 Å². The van der Waals surface area contributed by atoms with Crippen LogP contribution in [0.2, 0.25) is 0 Å². The van der Waals surface area contributed by atoms with Gasteiger partial charge in [0.25, 0.3) is 0 Å². The molecule has 2 heterocycles. The first-order chi connectivity index (χ1) is 12.3. The molecule has 1 fully saturated rings. The number of rotatable bonds is 3. The van der Waals surface area contributed by atoms with E-state index in [0.717, 1.165) is 6.42 Å². The lowest BCUT2D eigenvalue weighted by Crippen LogP contribution is -2.45. The van der Waals surface area contributed by atoms with Crippen LogP contribution in [0.25, 0.3) is 0 Å². The van der Waals surface area contributed by atoms with Crippen molar-refractivity contribution in [1.82, 2.24) is 4.90 Å². The van der Waals surface area contributed by atoms with Gasteiger partial charge in [0.15, 0.2) is 6.29 Å². The average Bonchev–Trinajstić information content (AvgIpc) is 2.67. The number of hydrogen-bond acceptors (Lipinski definition) is 4. The Morgan fingerprint density at radius 2 is 1.80 bits per heavy atom. The van der Waals surface area contributed by atoms with Crippen molar-refractivity contribution in [3.8, 4) is 0 Å². The number of fused-ring (bicyclic) bond motifs is 1. The molecule has 2 aromatic carbocycles. The Bertz CT molecular complexity index is 705. The molecule has 2 aromatic rings. The summed E-state index contributed by atoms with van der Waals surface area (Å²) in [6.07, 6.45) is 0.550. The van der Waals surface area contributed by atoms with E-state index in [1.807, 2.05) is 0 Å². The maximum Gasteiger partial charge on any atom is 0.162 e. The minimum absolute atomic E-state index is 0.0390. The highest BCUT2D eigenvalue weighted by Crippen LogP contribution is 2.44. The summed E-state index contributed by atoms with van der Waals surface area (Å²) in [5.41, 5.74) is 3.88. The Morgan fingerprint density at radius 1 is 1.04 bits per heavy atom. The zero-order valence-electron chi connectivity index (χ0n) is 14.8. The van der Waals surface area contributed by atoms with Gasteiger partial charge < -0.3 is 14.2 Å². The summed E-state index contributed by atoms with van der Waals surface area (Å²) in [6.45, 7) is 1.32. The zero-order chi connectivity index (χ0) is 17.2. The lowest BCUT2D eigenvalue weighted by atomic mass is 9.81. The summed E-state index contributed by atoms with van der Waals surface area (Å²) >= 11 is 0. The molecule has 4 heteroatoms. The normalized spacial score (nSPS) is 30.0. The van der Waals surface area contributed by atoms with Crippen LogP contribution in [0.5, 0.6) is 0 Å². The molecule has 0 N–H and O–H groups in total. The first-order valence-corrected chi connectivity index (χ1v) is 8.87. The van der Waals surface area contributed by atoms with Gasteiger partial charge in [-0.3, -0.25) is 4.90 Å². The van der Waals surface area contributed by atoms with E-state index >= 15 is 0 Å². The highest BCUT2D eigenvalue weighted by Gasteiger charge is 2.41. The van der Waals surface area contributed by atoms with Crippen LogP contribution in [0.4, 0.5) is 0 Å².